The molecule has 6 heteroatoms. The average Bonchev–Trinajstić information content (AvgIpc) is 2.96. The molecule has 0 unspecified atom stereocenters. The fourth-order valence-corrected chi connectivity index (χ4v) is 5.57. The van der Waals surface area contributed by atoms with Crippen LogP contribution in [0.15, 0.2) is 17.5 Å². The molecule has 1 amide bonds. The normalized spacial score (nSPS) is 11.9. The first kappa shape index (κ1) is 14.5. The summed E-state index contributed by atoms with van der Waals surface area (Å²) >= 11 is 10.2. The van der Waals surface area contributed by atoms with Crippen LogP contribution in [0.3, 0.4) is 0 Å². The van der Waals surface area contributed by atoms with Crippen LogP contribution in [0, 0.1) is 0 Å². The van der Waals surface area contributed by atoms with E-state index in [4.69, 9.17) is 0 Å². The van der Waals surface area contributed by atoms with E-state index >= 15 is 0 Å². The number of hydrogen-bond donors (Lipinski definition) is 1. The Labute approximate surface area is 131 Å². The van der Waals surface area contributed by atoms with Crippen molar-refractivity contribution in [2.75, 3.05) is 10.7 Å². The Kier molecular flexibility index (Phi) is 4.86. The minimum absolute atomic E-state index is 0.0177. The van der Waals surface area contributed by atoms with E-state index in [0.717, 1.165) is 22.0 Å². The van der Waals surface area contributed by atoms with E-state index in [-0.39, 0.29) is 11.4 Å². The van der Waals surface area contributed by atoms with Crippen LogP contribution in [0.5, 0.6) is 0 Å². The number of carbonyl (C=O) groups excluding carboxylic acids is 1. The molecule has 0 aliphatic carbocycles. The minimum atomic E-state index is -0.214. The van der Waals surface area contributed by atoms with Gasteiger partial charge in [-0.1, -0.05) is 38.8 Å². The van der Waals surface area contributed by atoms with Crippen molar-refractivity contribution in [3.8, 4) is 0 Å². The first-order valence-electron chi connectivity index (χ1n) is 5.55. The molecule has 0 bridgehead atoms. The molecule has 2 aromatic rings. The maximum absolute atomic E-state index is 12.3. The van der Waals surface area contributed by atoms with Crippen LogP contribution in [-0.4, -0.2) is 22.1 Å². The molecule has 2 rings (SSSR count). The lowest BCUT2D eigenvalue weighted by molar-refractivity contribution is 0.0919. The number of thiophene rings is 2. The molecule has 0 fully saturated rings. The van der Waals surface area contributed by atoms with Gasteiger partial charge in [0.15, 0.2) is 0 Å². The fraction of sp³-hybridized carbons (Fsp3) is 0.417. The zero-order chi connectivity index (χ0) is 13.2. The number of carbonyl (C=O) groups is 1. The first-order chi connectivity index (χ1) is 8.64. The molecule has 0 aliphatic rings. The largest absolute Gasteiger partial charge is 0.344 e. The van der Waals surface area contributed by atoms with Gasteiger partial charge < -0.3 is 5.32 Å². The maximum atomic E-state index is 12.3. The van der Waals surface area contributed by atoms with Crippen LogP contribution < -0.4 is 5.32 Å². The predicted molar refractivity (Wildman–Crippen MR) is 87.8 cm³/mol. The summed E-state index contributed by atoms with van der Waals surface area (Å²) in [7, 11) is 0. The molecule has 0 saturated heterocycles. The second-order valence-electron chi connectivity index (χ2n) is 4.12. The number of nitrogens with one attached hydrogen (secondary N) is 1. The van der Waals surface area contributed by atoms with Gasteiger partial charge in [-0.2, -0.15) is 0 Å². The quantitative estimate of drug-likeness (QED) is 0.715. The lowest BCUT2D eigenvalue weighted by Gasteiger charge is -2.29. The van der Waals surface area contributed by atoms with Crippen molar-refractivity contribution in [2.45, 2.75) is 18.9 Å². The van der Waals surface area contributed by atoms with Crippen LogP contribution in [-0.2, 0) is 0 Å². The predicted octanol–water partition coefficient (Wildman–Crippen LogP) is 4.63. The summed E-state index contributed by atoms with van der Waals surface area (Å²) in [6, 6.07) is 4.03. The Hall–Kier alpha value is 0.0900. The molecule has 0 spiro atoms. The molecule has 2 aromatic heterocycles. The van der Waals surface area contributed by atoms with Crippen molar-refractivity contribution in [3.63, 3.8) is 0 Å². The fourth-order valence-electron chi connectivity index (χ4n) is 1.56. The van der Waals surface area contributed by atoms with Crippen LogP contribution in [0.25, 0.3) is 9.40 Å². The van der Waals surface area contributed by atoms with E-state index in [1.165, 1.54) is 9.40 Å². The van der Waals surface area contributed by atoms with E-state index in [9.17, 15) is 4.79 Å². The molecule has 0 radical (unpaired) electrons. The number of rotatable bonds is 5. The molecular formula is C12H13Br2NOS2. The smallest absolute Gasteiger partial charge is 0.261 e. The first-order valence-corrected chi connectivity index (χ1v) is 9.49. The van der Waals surface area contributed by atoms with Crippen molar-refractivity contribution in [1.29, 1.82) is 0 Å². The van der Waals surface area contributed by atoms with Gasteiger partial charge >= 0.3 is 0 Å². The average molecular weight is 411 g/mol. The Morgan fingerprint density at radius 2 is 2.11 bits per heavy atom. The standard InChI is InChI=1S/C12H13Br2NOS2/c1-2-12(6-13,7-14)15-11(16)10-5-9-8(18-10)3-4-17-9/h3-5H,2,6-7H2,1H3,(H,15,16). The highest BCUT2D eigenvalue weighted by atomic mass is 79.9. The van der Waals surface area contributed by atoms with E-state index in [1.807, 2.05) is 6.07 Å². The van der Waals surface area contributed by atoms with Gasteiger partial charge in [0.05, 0.1) is 10.4 Å². The van der Waals surface area contributed by atoms with Crippen molar-refractivity contribution < 1.29 is 4.79 Å². The summed E-state index contributed by atoms with van der Waals surface area (Å²) in [5.41, 5.74) is -0.214. The Morgan fingerprint density at radius 3 is 2.67 bits per heavy atom. The van der Waals surface area contributed by atoms with Gasteiger partial charge in [-0.05, 0) is 23.9 Å². The third-order valence-electron chi connectivity index (χ3n) is 2.93. The second kappa shape index (κ2) is 6.03. The van der Waals surface area contributed by atoms with Gasteiger partial charge in [0.1, 0.15) is 0 Å². The number of hydrogen-bond acceptors (Lipinski definition) is 3. The highest BCUT2D eigenvalue weighted by molar-refractivity contribution is 9.09. The van der Waals surface area contributed by atoms with Crippen LogP contribution in [0.1, 0.15) is 23.0 Å². The molecule has 0 aliphatic heterocycles. The highest BCUT2D eigenvalue weighted by Crippen LogP contribution is 2.30. The lowest BCUT2D eigenvalue weighted by atomic mass is 10.0. The Morgan fingerprint density at radius 1 is 1.39 bits per heavy atom. The maximum Gasteiger partial charge on any atom is 0.261 e. The summed E-state index contributed by atoms with van der Waals surface area (Å²) in [6.45, 7) is 2.08. The van der Waals surface area contributed by atoms with E-state index in [1.54, 1.807) is 22.7 Å². The van der Waals surface area contributed by atoms with Gasteiger partial charge in [0.2, 0.25) is 0 Å². The molecule has 98 valence electrons. The van der Waals surface area contributed by atoms with Crippen LogP contribution >= 0.6 is 54.5 Å². The molecule has 0 saturated carbocycles. The zero-order valence-corrected chi connectivity index (χ0v) is 14.6. The van der Waals surface area contributed by atoms with Crippen LogP contribution in [0.4, 0.5) is 0 Å². The molecule has 2 nitrogen and oxygen atoms in total. The van der Waals surface area contributed by atoms with Gasteiger partial charge in [-0.3, -0.25) is 4.79 Å². The number of alkyl halides is 2. The second-order valence-corrected chi connectivity index (χ2v) is 7.27. The number of amides is 1. The van der Waals surface area contributed by atoms with Gasteiger partial charge in [-0.15, -0.1) is 22.7 Å². The summed E-state index contributed by atoms with van der Waals surface area (Å²) < 4.78 is 2.37. The molecule has 1 N–H and O–H groups in total. The summed E-state index contributed by atoms with van der Waals surface area (Å²) in [4.78, 5) is 13.1. The number of fused-ring (bicyclic) bond motifs is 1. The van der Waals surface area contributed by atoms with E-state index in [2.05, 4.69) is 55.5 Å². The minimum Gasteiger partial charge on any atom is -0.344 e. The third kappa shape index (κ3) is 2.81. The summed E-state index contributed by atoms with van der Waals surface area (Å²) in [5.74, 6) is 0.0177. The van der Waals surface area contributed by atoms with Gasteiger partial charge in [0.25, 0.3) is 5.91 Å². The van der Waals surface area contributed by atoms with Crippen molar-refractivity contribution in [2.24, 2.45) is 0 Å². The van der Waals surface area contributed by atoms with Crippen molar-refractivity contribution in [3.05, 3.63) is 22.4 Å². The Bertz CT molecular complexity index is 508. The topological polar surface area (TPSA) is 29.1 Å². The van der Waals surface area contributed by atoms with E-state index in [0.29, 0.717) is 0 Å². The molecule has 0 atom stereocenters. The molecule has 0 aromatic carbocycles. The zero-order valence-electron chi connectivity index (χ0n) is 9.83. The lowest BCUT2D eigenvalue weighted by Crippen LogP contribution is -2.50. The monoisotopic (exact) mass is 409 g/mol. The Balaban J connectivity index is 2.19. The molecular weight excluding hydrogens is 398 g/mol. The van der Waals surface area contributed by atoms with E-state index < -0.39 is 0 Å². The van der Waals surface area contributed by atoms with Crippen molar-refractivity contribution in [1.82, 2.24) is 5.32 Å². The molecule has 18 heavy (non-hydrogen) atoms. The van der Waals surface area contributed by atoms with Crippen molar-refractivity contribution >= 4 is 69.8 Å². The summed E-state index contributed by atoms with van der Waals surface area (Å²) in [6.07, 6.45) is 0.884. The SMILES string of the molecule is CCC(CBr)(CBr)NC(=O)c1cc2sccc2s1. The number of halogens is 2. The molecule has 2 heterocycles. The van der Waals surface area contributed by atoms with Gasteiger partial charge in [0, 0.05) is 20.1 Å². The third-order valence-corrected chi connectivity index (χ3v) is 7.17. The van der Waals surface area contributed by atoms with Gasteiger partial charge in [-0.25, -0.2) is 0 Å². The van der Waals surface area contributed by atoms with Crippen LogP contribution in [0.2, 0.25) is 0 Å². The highest BCUT2D eigenvalue weighted by Gasteiger charge is 2.28. The summed E-state index contributed by atoms with van der Waals surface area (Å²) in [5, 5.41) is 6.67.